The number of benzene rings is 6. The highest BCUT2D eigenvalue weighted by Crippen LogP contribution is 2.56. The van der Waals surface area contributed by atoms with Gasteiger partial charge < -0.3 is 9.47 Å². The van der Waals surface area contributed by atoms with Gasteiger partial charge in [-0.3, -0.25) is 0 Å². The normalized spacial score (nSPS) is 21.6. The highest BCUT2D eigenvalue weighted by Gasteiger charge is 2.40. The topological polar surface area (TPSA) is 8.17 Å². The smallest absolute Gasteiger partial charge is 0.0542 e. The quantitative estimate of drug-likeness (QED) is 0.194. The van der Waals surface area contributed by atoms with E-state index in [1.165, 1.54) is 98.9 Å². The maximum atomic E-state index is 2.61. The Hall–Kier alpha value is -5.08. The van der Waals surface area contributed by atoms with Crippen molar-refractivity contribution in [3.05, 3.63) is 157 Å². The number of nitrogens with zero attached hydrogens (tertiary/aromatic N) is 2. The number of fused-ring (bicyclic) bond motifs is 3. The van der Waals surface area contributed by atoms with Gasteiger partial charge in [-0.1, -0.05) is 97.1 Å². The van der Waals surface area contributed by atoms with Crippen LogP contribution in [-0.2, 0) is 0 Å². The van der Waals surface area contributed by atoms with Crippen molar-refractivity contribution < 1.29 is 0 Å². The van der Waals surface area contributed by atoms with Gasteiger partial charge in [0.1, 0.15) is 0 Å². The molecule has 2 aliphatic carbocycles. The highest BCUT2D eigenvalue weighted by atomic mass is 15.1. The van der Waals surface area contributed by atoms with Gasteiger partial charge in [0.25, 0.3) is 0 Å². The Kier molecular flexibility index (Phi) is 6.19. The van der Waals surface area contributed by atoms with Crippen LogP contribution in [0.1, 0.15) is 55.1 Å². The van der Waals surface area contributed by atoms with E-state index in [1.54, 1.807) is 0 Å². The Labute approximate surface area is 276 Å². The van der Waals surface area contributed by atoms with E-state index in [0.29, 0.717) is 11.8 Å². The third kappa shape index (κ3) is 4.38. The van der Waals surface area contributed by atoms with Crippen molar-refractivity contribution in [1.29, 1.82) is 0 Å². The van der Waals surface area contributed by atoms with E-state index in [4.69, 9.17) is 0 Å². The predicted octanol–water partition coefficient (Wildman–Crippen LogP) is 12.3. The second kappa shape index (κ2) is 10.7. The highest BCUT2D eigenvalue weighted by molar-refractivity contribution is 6.10. The van der Waals surface area contributed by atoms with Gasteiger partial charge in [0.05, 0.1) is 11.0 Å². The van der Waals surface area contributed by atoms with Crippen LogP contribution in [0.4, 0.5) is 17.1 Å². The number of aromatic nitrogens is 1. The Morgan fingerprint density at radius 1 is 0.404 bits per heavy atom. The minimum Gasteiger partial charge on any atom is -0.310 e. The van der Waals surface area contributed by atoms with Gasteiger partial charge in [0.2, 0.25) is 0 Å². The van der Waals surface area contributed by atoms with E-state index in [-0.39, 0.29) is 0 Å². The largest absolute Gasteiger partial charge is 0.310 e. The summed E-state index contributed by atoms with van der Waals surface area (Å²) < 4.78 is 2.45. The van der Waals surface area contributed by atoms with Crippen molar-refractivity contribution in [2.45, 2.75) is 43.9 Å². The maximum Gasteiger partial charge on any atom is 0.0542 e. The second-order valence-electron chi connectivity index (χ2n) is 14.2. The molecule has 11 rings (SSSR count). The van der Waals surface area contributed by atoms with Crippen molar-refractivity contribution in [1.82, 2.24) is 4.57 Å². The fraction of sp³-hybridized carbons (Fsp3) is 0.200. The molecule has 1 aromatic heterocycles. The molecule has 228 valence electrons. The summed E-state index contributed by atoms with van der Waals surface area (Å²) in [4.78, 5) is 2.61. The predicted molar refractivity (Wildman–Crippen MR) is 196 cm³/mol. The van der Waals surface area contributed by atoms with Gasteiger partial charge in [-0.2, -0.15) is 0 Å². The van der Waals surface area contributed by atoms with Gasteiger partial charge in [-0.25, -0.2) is 0 Å². The first kappa shape index (κ1) is 27.1. The van der Waals surface area contributed by atoms with Gasteiger partial charge in [0.15, 0.2) is 0 Å². The molecule has 0 radical (unpaired) electrons. The molecule has 0 unspecified atom stereocenters. The summed E-state index contributed by atoms with van der Waals surface area (Å²) in [6.45, 7) is 0. The molecule has 2 fully saturated rings. The van der Waals surface area contributed by atoms with Crippen molar-refractivity contribution in [3.8, 4) is 16.8 Å². The molecule has 0 atom stereocenters. The summed E-state index contributed by atoms with van der Waals surface area (Å²) in [5.41, 5.74) is 13.1. The van der Waals surface area contributed by atoms with E-state index in [9.17, 15) is 0 Å². The van der Waals surface area contributed by atoms with Crippen molar-refractivity contribution in [2.24, 2.45) is 11.8 Å². The lowest BCUT2D eigenvalue weighted by Crippen LogP contribution is -2.32. The van der Waals surface area contributed by atoms with E-state index < -0.39 is 0 Å². The zero-order valence-electron chi connectivity index (χ0n) is 26.6. The van der Waals surface area contributed by atoms with Crippen LogP contribution >= 0.6 is 0 Å². The number of rotatable bonds is 3. The molecule has 4 aliphatic rings. The molecule has 47 heavy (non-hydrogen) atoms. The van der Waals surface area contributed by atoms with Crippen LogP contribution in [0.2, 0.25) is 0 Å². The van der Waals surface area contributed by atoms with Crippen LogP contribution in [-0.4, -0.2) is 4.57 Å². The van der Waals surface area contributed by atoms with Gasteiger partial charge >= 0.3 is 0 Å². The fourth-order valence-electron chi connectivity index (χ4n) is 9.67. The first-order valence-electron chi connectivity index (χ1n) is 17.5. The van der Waals surface area contributed by atoms with Crippen LogP contribution in [0.15, 0.2) is 146 Å². The molecule has 0 amide bonds. The number of anilines is 3. The molecule has 2 saturated carbocycles. The molecule has 0 N–H and O–H groups in total. The lowest BCUT2D eigenvalue weighted by Gasteiger charge is -2.46. The summed E-state index contributed by atoms with van der Waals surface area (Å²) >= 11 is 0. The van der Waals surface area contributed by atoms with Gasteiger partial charge in [-0.15, -0.1) is 0 Å². The minimum atomic E-state index is 0.631. The van der Waals surface area contributed by atoms with Crippen molar-refractivity contribution >= 4 is 38.9 Å². The third-order valence-electron chi connectivity index (χ3n) is 11.5. The summed E-state index contributed by atoms with van der Waals surface area (Å²) in [7, 11) is 0. The summed E-state index contributed by atoms with van der Waals surface area (Å²) in [6.07, 6.45) is 6.74. The van der Waals surface area contributed by atoms with Crippen LogP contribution in [0.5, 0.6) is 0 Å². The zero-order chi connectivity index (χ0) is 30.9. The van der Waals surface area contributed by atoms with Crippen LogP contribution in [0.3, 0.4) is 0 Å². The molecule has 7 aromatic rings. The zero-order valence-corrected chi connectivity index (χ0v) is 26.6. The monoisotopic (exact) mass is 606 g/mol. The molecular weight excluding hydrogens is 569 g/mol. The Morgan fingerprint density at radius 2 is 1.00 bits per heavy atom. The number of hydrogen-bond acceptors (Lipinski definition) is 1. The molecule has 2 heteroatoms. The van der Waals surface area contributed by atoms with Crippen molar-refractivity contribution in [3.63, 3.8) is 0 Å². The molecule has 2 nitrogen and oxygen atoms in total. The first-order chi connectivity index (χ1) is 23.3. The van der Waals surface area contributed by atoms with Crippen LogP contribution < -0.4 is 4.90 Å². The molecule has 0 saturated heterocycles. The van der Waals surface area contributed by atoms with E-state index in [1.807, 2.05) is 0 Å². The van der Waals surface area contributed by atoms with E-state index in [0.717, 1.165) is 11.8 Å². The van der Waals surface area contributed by atoms with E-state index in [2.05, 4.69) is 155 Å². The average molecular weight is 607 g/mol. The lowest BCUT2D eigenvalue weighted by molar-refractivity contribution is 0.151. The third-order valence-corrected chi connectivity index (χ3v) is 11.5. The maximum absolute atomic E-state index is 2.61. The molecule has 2 aliphatic heterocycles. The SMILES string of the molecule is c1ccc(-c2cccc(-n3c4ccccc4c4cc(N5c6ccccc6C6CC7CC(C6)CC(C7)c6ccccc65)ccc43)c2)cc1. The number of hydrogen-bond donors (Lipinski definition) is 0. The summed E-state index contributed by atoms with van der Waals surface area (Å²) in [6, 6.07) is 54.4. The van der Waals surface area contributed by atoms with Crippen LogP contribution in [0, 0.1) is 11.8 Å². The lowest BCUT2D eigenvalue weighted by atomic mass is 9.61. The van der Waals surface area contributed by atoms with E-state index >= 15 is 0 Å². The Balaban J connectivity index is 1.20. The summed E-state index contributed by atoms with van der Waals surface area (Å²) in [5.74, 6) is 2.94. The molecule has 0 spiro atoms. The molecule has 6 aromatic carbocycles. The van der Waals surface area contributed by atoms with Gasteiger partial charge in [-0.05, 0) is 127 Å². The average Bonchev–Trinajstić information content (AvgIpc) is 3.46. The van der Waals surface area contributed by atoms with Gasteiger partial charge in [0, 0.05) is 33.5 Å². The molecule has 4 bridgehead atoms. The fourth-order valence-corrected chi connectivity index (χ4v) is 9.67. The minimum absolute atomic E-state index is 0.631. The molecular formula is C45H38N2. The van der Waals surface area contributed by atoms with Crippen molar-refractivity contribution in [2.75, 3.05) is 4.90 Å². The first-order valence-corrected chi connectivity index (χ1v) is 17.5. The number of para-hydroxylation sites is 3. The van der Waals surface area contributed by atoms with Crippen LogP contribution in [0.25, 0.3) is 38.6 Å². The Bertz CT molecular complexity index is 2200. The standard InChI is InChI=1S/C45H38N2/c1-2-11-32(12-3-1)33-13-10-14-36(28-33)46-44-20-9-6-17-40(44)41-29-37(21-22-45(41)46)47-42-18-7-4-15-38(42)34-24-30-23-31(25-34)27-35(26-30)39-16-5-8-19-43(39)47/h1-22,28-31,34-35H,23-27H2. The Morgan fingerprint density at radius 3 is 1.72 bits per heavy atom. The summed E-state index contributed by atoms with van der Waals surface area (Å²) in [5, 5.41) is 2.57. The molecule has 3 heterocycles. The second-order valence-corrected chi connectivity index (χ2v) is 14.2.